The summed E-state index contributed by atoms with van der Waals surface area (Å²) in [4.78, 5) is 27.2. The van der Waals surface area contributed by atoms with Crippen LogP contribution in [0.25, 0.3) is 0 Å². The fourth-order valence-electron chi connectivity index (χ4n) is 4.97. The number of esters is 1. The molecule has 2 unspecified atom stereocenters. The molecular weight excluding hydrogens is 647 g/mol. The van der Waals surface area contributed by atoms with E-state index in [1.807, 2.05) is 0 Å². The van der Waals surface area contributed by atoms with Crippen molar-refractivity contribution in [2.75, 3.05) is 20.6 Å². The number of aromatic nitrogens is 1. The summed E-state index contributed by atoms with van der Waals surface area (Å²) in [5.74, 6) is -1.87. The standard InChI is InChI=1S/C28H25Cl2F2N3O8S/c1-33(2)26(36)17-5-3-6-18(11-17)44(39,40)35-10-4-7-22(35)27(37)41-24(13-19-20(29)14-34(38)15-21(19)30)16-8-9-23-25(12-16)43-28(31,32)42-23/h3,5-6,8-9,11-12,14-15,22,24H,4,7,10,13H2,1-2H3. The largest absolute Gasteiger partial charge is 0.619 e. The maximum Gasteiger partial charge on any atom is 0.586 e. The molecule has 1 aromatic heterocycles. The number of ether oxygens (including phenoxy) is 3. The maximum atomic E-state index is 13.7. The van der Waals surface area contributed by atoms with Crippen LogP contribution >= 0.6 is 23.2 Å². The first-order valence-corrected chi connectivity index (χ1v) is 15.4. The average molecular weight is 672 g/mol. The van der Waals surface area contributed by atoms with Gasteiger partial charge in [-0.15, -0.1) is 8.78 Å². The predicted octanol–water partition coefficient (Wildman–Crippen LogP) is 4.33. The normalized spacial score (nSPS) is 18.2. The second-order valence-corrected chi connectivity index (χ2v) is 13.0. The topological polar surface area (TPSA) is 129 Å². The summed E-state index contributed by atoms with van der Waals surface area (Å²) < 4.78 is 71.0. The number of hydrogen-bond acceptors (Lipinski definition) is 8. The van der Waals surface area contributed by atoms with Crippen molar-refractivity contribution in [2.45, 2.75) is 42.6 Å². The van der Waals surface area contributed by atoms with Gasteiger partial charge in [-0.25, -0.2) is 8.42 Å². The van der Waals surface area contributed by atoms with Crippen molar-refractivity contribution < 1.29 is 45.7 Å². The van der Waals surface area contributed by atoms with Crippen LogP contribution in [0.5, 0.6) is 11.5 Å². The number of pyridine rings is 1. The SMILES string of the molecule is CN(C)C(=O)c1cccc(S(=O)(=O)N2CCCC2C(=O)OC(Cc2c(Cl)c[n+]([O-])cc2Cl)c2ccc3c(c2)OC(F)(F)O3)c1. The number of carbonyl (C=O) groups excluding carboxylic acids is 2. The molecule has 1 fully saturated rings. The zero-order valence-corrected chi connectivity index (χ0v) is 25.5. The summed E-state index contributed by atoms with van der Waals surface area (Å²) in [7, 11) is -1.18. The van der Waals surface area contributed by atoms with Gasteiger partial charge in [0.25, 0.3) is 5.91 Å². The molecule has 3 heterocycles. The first kappa shape index (κ1) is 31.7. The van der Waals surface area contributed by atoms with Crippen LogP contribution < -0.4 is 14.2 Å². The minimum Gasteiger partial charge on any atom is -0.619 e. The number of carbonyl (C=O) groups is 2. The number of fused-ring (bicyclic) bond motifs is 1. The highest BCUT2D eigenvalue weighted by Crippen LogP contribution is 2.43. The van der Waals surface area contributed by atoms with Crippen molar-refractivity contribution in [1.29, 1.82) is 0 Å². The fourth-order valence-corrected chi connectivity index (χ4v) is 7.26. The van der Waals surface area contributed by atoms with E-state index in [0.717, 1.165) is 16.7 Å². The first-order chi connectivity index (χ1) is 20.7. The van der Waals surface area contributed by atoms with Crippen molar-refractivity contribution in [3.63, 3.8) is 0 Å². The van der Waals surface area contributed by atoms with Gasteiger partial charge in [-0.3, -0.25) is 9.59 Å². The van der Waals surface area contributed by atoms with Gasteiger partial charge in [-0.05, 0) is 48.7 Å². The Bertz CT molecular complexity index is 1720. The summed E-state index contributed by atoms with van der Waals surface area (Å²) in [6, 6.07) is 8.03. The Morgan fingerprint density at radius 1 is 1.14 bits per heavy atom. The first-order valence-electron chi connectivity index (χ1n) is 13.2. The van der Waals surface area contributed by atoms with Gasteiger partial charge in [0.1, 0.15) is 22.2 Å². The van der Waals surface area contributed by atoms with Crippen molar-refractivity contribution in [3.8, 4) is 11.5 Å². The Labute approximate surface area is 261 Å². The molecule has 44 heavy (non-hydrogen) atoms. The molecule has 2 aliphatic heterocycles. The molecule has 0 N–H and O–H groups in total. The maximum absolute atomic E-state index is 13.7. The van der Waals surface area contributed by atoms with Gasteiger partial charge >= 0.3 is 12.3 Å². The Morgan fingerprint density at radius 3 is 2.50 bits per heavy atom. The molecule has 2 aromatic carbocycles. The van der Waals surface area contributed by atoms with Gasteiger partial charge in [0.15, 0.2) is 23.9 Å². The fraction of sp³-hybridized carbons (Fsp3) is 0.321. The molecule has 16 heteroatoms. The molecule has 0 bridgehead atoms. The van der Waals surface area contributed by atoms with E-state index < -0.39 is 40.3 Å². The van der Waals surface area contributed by atoms with Crippen molar-refractivity contribution in [2.24, 2.45) is 0 Å². The summed E-state index contributed by atoms with van der Waals surface area (Å²) in [5.41, 5.74) is 0.560. The highest BCUT2D eigenvalue weighted by atomic mass is 35.5. The number of sulfonamides is 1. The third-order valence-electron chi connectivity index (χ3n) is 7.07. The number of halogens is 4. The second kappa shape index (κ2) is 12.0. The number of hydrogen-bond donors (Lipinski definition) is 0. The van der Waals surface area contributed by atoms with E-state index in [-0.39, 0.29) is 62.5 Å². The number of rotatable bonds is 8. The summed E-state index contributed by atoms with van der Waals surface area (Å²) in [6.45, 7) is 0.0115. The molecule has 5 rings (SSSR count). The van der Waals surface area contributed by atoms with Crippen molar-refractivity contribution >= 4 is 45.1 Å². The minimum absolute atomic E-state index is 0.0115. The van der Waals surface area contributed by atoms with Crippen LogP contribution in [0.4, 0.5) is 8.78 Å². The third-order valence-corrected chi connectivity index (χ3v) is 9.63. The summed E-state index contributed by atoms with van der Waals surface area (Å²) >= 11 is 12.5. The Balaban J connectivity index is 1.45. The van der Waals surface area contributed by atoms with E-state index in [1.54, 1.807) is 0 Å². The lowest BCUT2D eigenvalue weighted by atomic mass is 10.0. The Kier molecular flexibility index (Phi) is 8.64. The van der Waals surface area contributed by atoms with Crippen LogP contribution in [0.2, 0.25) is 10.0 Å². The van der Waals surface area contributed by atoms with E-state index in [9.17, 15) is 32.0 Å². The lowest BCUT2D eigenvalue weighted by Gasteiger charge is -2.26. The Morgan fingerprint density at radius 2 is 1.82 bits per heavy atom. The molecule has 0 radical (unpaired) electrons. The number of benzene rings is 2. The lowest BCUT2D eigenvalue weighted by molar-refractivity contribution is -0.605. The van der Waals surface area contributed by atoms with E-state index >= 15 is 0 Å². The van der Waals surface area contributed by atoms with Gasteiger partial charge in [0.2, 0.25) is 10.0 Å². The van der Waals surface area contributed by atoms with Crippen LogP contribution in [0.1, 0.15) is 40.4 Å². The second-order valence-electron chi connectivity index (χ2n) is 10.3. The molecule has 0 spiro atoms. The lowest BCUT2D eigenvalue weighted by Crippen LogP contribution is -2.42. The average Bonchev–Trinajstić information content (AvgIpc) is 3.57. The van der Waals surface area contributed by atoms with Crippen LogP contribution in [0.15, 0.2) is 59.8 Å². The van der Waals surface area contributed by atoms with E-state index in [0.29, 0.717) is 11.2 Å². The zero-order chi connectivity index (χ0) is 32.0. The molecular formula is C28H25Cl2F2N3O8S. The molecule has 1 saturated heterocycles. The van der Waals surface area contributed by atoms with Crippen LogP contribution in [-0.2, 0) is 26.0 Å². The highest BCUT2D eigenvalue weighted by molar-refractivity contribution is 7.89. The molecule has 234 valence electrons. The summed E-state index contributed by atoms with van der Waals surface area (Å²) in [6.07, 6.45) is -2.75. The van der Waals surface area contributed by atoms with Gasteiger partial charge in [-0.1, -0.05) is 35.3 Å². The molecule has 2 aliphatic rings. The zero-order valence-electron chi connectivity index (χ0n) is 23.2. The monoisotopic (exact) mass is 671 g/mol. The van der Waals surface area contributed by atoms with E-state index in [1.165, 1.54) is 61.5 Å². The molecule has 0 saturated carbocycles. The van der Waals surface area contributed by atoms with Crippen LogP contribution in [0, 0.1) is 5.21 Å². The van der Waals surface area contributed by atoms with Crippen molar-refractivity contribution in [1.82, 2.24) is 9.21 Å². The summed E-state index contributed by atoms with van der Waals surface area (Å²) in [5, 5.41) is 11.7. The third kappa shape index (κ3) is 6.39. The van der Waals surface area contributed by atoms with E-state index in [4.69, 9.17) is 27.9 Å². The number of amides is 1. The van der Waals surface area contributed by atoms with Gasteiger partial charge in [0, 0.05) is 38.2 Å². The van der Waals surface area contributed by atoms with Crippen LogP contribution in [0.3, 0.4) is 0 Å². The van der Waals surface area contributed by atoms with Crippen LogP contribution in [-0.4, -0.2) is 62.5 Å². The highest BCUT2D eigenvalue weighted by Gasteiger charge is 2.44. The van der Waals surface area contributed by atoms with Gasteiger partial charge < -0.3 is 24.3 Å². The van der Waals surface area contributed by atoms with Gasteiger partial charge in [0.05, 0.1) is 4.90 Å². The molecule has 2 atom stereocenters. The smallest absolute Gasteiger partial charge is 0.586 e. The molecule has 1 amide bonds. The quantitative estimate of drug-likeness (QED) is 0.197. The predicted molar refractivity (Wildman–Crippen MR) is 152 cm³/mol. The molecule has 3 aromatic rings. The minimum atomic E-state index is -4.25. The molecule has 11 nitrogen and oxygen atoms in total. The van der Waals surface area contributed by atoms with E-state index in [2.05, 4.69) is 9.47 Å². The Hall–Kier alpha value is -3.72. The van der Waals surface area contributed by atoms with Crippen molar-refractivity contribution in [3.05, 3.63) is 86.8 Å². The number of alkyl halides is 2. The molecule has 0 aliphatic carbocycles. The number of nitrogens with zero attached hydrogens (tertiary/aromatic N) is 3. The van der Waals surface area contributed by atoms with Gasteiger partial charge in [-0.2, -0.15) is 9.04 Å².